The van der Waals surface area contributed by atoms with E-state index in [4.69, 9.17) is 5.73 Å². The molecule has 0 aliphatic heterocycles. The maximum atomic E-state index is 11.7. The van der Waals surface area contributed by atoms with Gasteiger partial charge >= 0.3 is 0 Å². The van der Waals surface area contributed by atoms with Crippen molar-refractivity contribution in [1.29, 1.82) is 0 Å². The second-order valence-electron chi connectivity index (χ2n) is 4.10. The Morgan fingerprint density at radius 1 is 1.28 bits per heavy atom. The molecule has 1 aromatic heterocycles. The number of aromatic nitrogens is 1. The largest absolute Gasteiger partial charge is 0.397 e. The van der Waals surface area contributed by atoms with Crippen molar-refractivity contribution in [3.63, 3.8) is 0 Å². The van der Waals surface area contributed by atoms with Gasteiger partial charge in [0.15, 0.2) is 0 Å². The summed E-state index contributed by atoms with van der Waals surface area (Å²) in [7, 11) is 0. The Morgan fingerprint density at radius 2 is 2.00 bits per heavy atom. The van der Waals surface area contributed by atoms with Crippen molar-refractivity contribution in [3.8, 4) is 0 Å². The number of rotatable bonds is 4. The van der Waals surface area contributed by atoms with Crippen LogP contribution in [0.5, 0.6) is 0 Å². The number of nitrogens with two attached hydrogens (primary N) is 1. The molecule has 94 valence electrons. The standard InChI is InChI=1S/C14H16N2OS/c1-11-9-14(17)16(10-13(11)15)7-8-18-12-5-3-2-4-6-12/h2-6,9-10H,7-8,15H2,1H3. The summed E-state index contributed by atoms with van der Waals surface area (Å²) in [5, 5.41) is 0. The minimum absolute atomic E-state index is 0.00959. The highest BCUT2D eigenvalue weighted by atomic mass is 32.2. The van der Waals surface area contributed by atoms with Gasteiger partial charge in [0, 0.05) is 29.5 Å². The normalized spacial score (nSPS) is 10.5. The zero-order chi connectivity index (χ0) is 13.0. The van der Waals surface area contributed by atoms with Crippen molar-refractivity contribution in [1.82, 2.24) is 4.57 Å². The number of hydrogen-bond acceptors (Lipinski definition) is 3. The lowest BCUT2D eigenvalue weighted by Crippen LogP contribution is -2.21. The fraction of sp³-hybridized carbons (Fsp3) is 0.214. The van der Waals surface area contributed by atoms with Crippen LogP contribution in [0, 0.1) is 6.92 Å². The number of pyridine rings is 1. The summed E-state index contributed by atoms with van der Waals surface area (Å²) in [5.41, 5.74) is 7.32. The van der Waals surface area contributed by atoms with Crippen LogP contribution in [0.3, 0.4) is 0 Å². The fourth-order valence-electron chi connectivity index (χ4n) is 1.64. The lowest BCUT2D eigenvalue weighted by Gasteiger charge is -2.08. The molecule has 2 N–H and O–H groups in total. The van der Waals surface area contributed by atoms with Crippen LogP contribution in [0.4, 0.5) is 5.69 Å². The summed E-state index contributed by atoms with van der Waals surface area (Å²) < 4.78 is 1.66. The topological polar surface area (TPSA) is 48.0 Å². The second-order valence-corrected chi connectivity index (χ2v) is 5.27. The number of thioether (sulfide) groups is 1. The molecule has 2 aromatic rings. The third-order valence-electron chi connectivity index (χ3n) is 2.72. The molecule has 0 aliphatic carbocycles. The van der Waals surface area contributed by atoms with Gasteiger partial charge in [-0.05, 0) is 24.6 Å². The molecular weight excluding hydrogens is 244 g/mol. The average molecular weight is 260 g/mol. The van der Waals surface area contributed by atoms with Gasteiger partial charge in [0.25, 0.3) is 5.56 Å². The van der Waals surface area contributed by atoms with E-state index < -0.39 is 0 Å². The van der Waals surface area contributed by atoms with Crippen LogP contribution < -0.4 is 11.3 Å². The van der Waals surface area contributed by atoms with Crippen LogP contribution in [0.15, 0.2) is 52.3 Å². The van der Waals surface area contributed by atoms with Gasteiger partial charge in [-0.2, -0.15) is 0 Å². The Bertz CT molecular complexity index is 578. The van der Waals surface area contributed by atoms with Crippen LogP contribution >= 0.6 is 11.8 Å². The van der Waals surface area contributed by atoms with Gasteiger partial charge in [-0.15, -0.1) is 11.8 Å². The Morgan fingerprint density at radius 3 is 2.72 bits per heavy atom. The summed E-state index contributed by atoms with van der Waals surface area (Å²) in [5.74, 6) is 0.854. The van der Waals surface area contributed by atoms with E-state index in [0.717, 1.165) is 11.3 Å². The second kappa shape index (κ2) is 5.78. The van der Waals surface area contributed by atoms with Crippen molar-refractivity contribution >= 4 is 17.4 Å². The monoisotopic (exact) mass is 260 g/mol. The molecule has 0 bridgehead atoms. The van der Waals surface area contributed by atoms with E-state index in [9.17, 15) is 4.79 Å². The number of hydrogen-bond donors (Lipinski definition) is 1. The summed E-state index contributed by atoms with van der Waals surface area (Å²) >= 11 is 1.73. The van der Waals surface area contributed by atoms with Crippen LogP contribution in [0.1, 0.15) is 5.56 Å². The fourth-order valence-corrected chi connectivity index (χ4v) is 2.51. The lowest BCUT2D eigenvalue weighted by molar-refractivity contribution is 0.735. The molecule has 0 spiro atoms. The molecule has 4 heteroatoms. The van der Waals surface area contributed by atoms with Gasteiger partial charge in [0.2, 0.25) is 0 Å². The quantitative estimate of drug-likeness (QED) is 0.859. The molecule has 0 fully saturated rings. The molecule has 0 radical (unpaired) electrons. The zero-order valence-corrected chi connectivity index (χ0v) is 11.1. The van der Waals surface area contributed by atoms with E-state index >= 15 is 0 Å². The molecule has 0 aliphatic rings. The summed E-state index contributed by atoms with van der Waals surface area (Å²) in [6, 6.07) is 11.7. The Labute approximate surface area is 111 Å². The van der Waals surface area contributed by atoms with E-state index in [2.05, 4.69) is 12.1 Å². The van der Waals surface area contributed by atoms with E-state index in [1.165, 1.54) is 4.90 Å². The maximum Gasteiger partial charge on any atom is 0.250 e. The Hall–Kier alpha value is -1.68. The predicted molar refractivity (Wildman–Crippen MR) is 77.0 cm³/mol. The zero-order valence-electron chi connectivity index (χ0n) is 10.3. The maximum absolute atomic E-state index is 11.7. The smallest absolute Gasteiger partial charge is 0.250 e. The summed E-state index contributed by atoms with van der Waals surface area (Å²) in [6.45, 7) is 2.52. The van der Waals surface area contributed by atoms with Gasteiger partial charge in [-0.3, -0.25) is 4.79 Å². The van der Waals surface area contributed by atoms with E-state index in [0.29, 0.717) is 12.2 Å². The first-order valence-electron chi connectivity index (χ1n) is 5.81. The van der Waals surface area contributed by atoms with Crippen molar-refractivity contribution in [2.45, 2.75) is 18.4 Å². The molecule has 0 atom stereocenters. The van der Waals surface area contributed by atoms with Crippen molar-refractivity contribution in [3.05, 3.63) is 58.5 Å². The molecule has 0 saturated carbocycles. The number of benzene rings is 1. The molecule has 2 rings (SSSR count). The van der Waals surface area contributed by atoms with Gasteiger partial charge in [0.1, 0.15) is 0 Å². The van der Waals surface area contributed by atoms with E-state index in [-0.39, 0.29) is 5.56 Å². The van der Waals surface area contributed by atoms with Crippen LogP contribution in [0.25, 0.3) is 0 Å². The van der Waals surface area contributed by atoms with Crippen LogP contribution in [-0.4, -0.2) is 10.3 Å². The molecule has 0 unspecified atom stereocenters. The van der Waals surface area contributed by atoms with Gasteiger partial charge < -0.3 is 10.3 Å². The number of nitrogen functional groups attached to an aromatic ring is 1. The van der Waals surface area contributed by atoms with Gasteiger partial charge in [-0.25, -0.2) is 0 Å². The summed E-state index contributed by atoms with van der Waals surface area (Å²) in [6.07, 6.45) is 1.73. The minimum Gasteiger partial charge on any atom is -0.397 e. The number of anilines is 1. The lowest BCUT2D eigenvalue weighted by atomic mass is 10.2. The number of nitrogens with zero attached hydrogens (tertiary/aromatic N) is 1. The number of aryl methyl sites for hydroxylation is 2. The van der Waals surface area contributed by atoms with E-state index in [1.807, 2.05) is 25.1 Å². The molecule has 0 saturated heterocycles. The highest BCUT2D eigenvalue weighted by Gasteiger charge is 2.01. The molecule has 0 amide bonds. The van der Waals surface area contributed by atoms with Crippen LogP contribution in [-0.2, 0) is 6.54 Å². The van der Waals surface area contributed by atoms with Crippen molar-refractivity contribution in [2.75, 3.05) is 11.5 Å². The first-order valence-corrected chi connectivity index (χ1v) is 6.80. The summed E-state index contributed by atoms with van der Waals surface area (Å²) in [4.78, 5) is 12.9. The van der Waals surface area contributed by atoms with Crippen molar-refractivity contribution in [2.24, 2.45) is 0 Å². The Balaban J connectivity index is 1.99. The molecule has 3 nitrogen and oxygen atoms in total. The predicted octanol–water partition coefficient (Wildman–Crippen LogP) is 2.53. The third-order valence-corrected chi connectivity index (χ3v) is 3.71. The Kier molecular flexibility index (Phi) is 4.10. The van der Waals surface area contributed by atoms with Crippen molar-refractivity contribution < 1.29 is 0 Å². The SMILES string of the molecule is Cc1cc(=O)n(CCSc2ccccc2)cc1N. The van der Waals surface area contributed by atoms with E-state index in [1.54, 1.807) is 28.6 Å². The molecule has 1 aromatic carbocycles. The van der Waals surface area contributed by atoms with Gasteiger partial charge in [-0.1, -0.05) is 18.2 Å². The average Bonchev–Trinajstić information content (AvgIpc) is 2.37. The minimum atomic E-state index is 0.00959. The first kappa shape index (κ1) is 12.8. The first-order chi connectivity index (χ1) is 8.66. The molecular formula is C14H16N2OS. The molecule has 1 heterocycles. The third kappa shape index (κ3) is 3.17. The van der Waals surface area contributed by atoms with Gasteiger partial charge in [0.05, 0.1) is 5.69 Å². The molecule has 18 heavy (non-hydrogen) atoms. The highest BCUT2D eigenvalue weighted by molar-refractivity contribution is 7.99. The van der Waals surface area contributed by atoms with Crippen LogP contribution in [0.2, 0.25) is 0 Å². The highest BCUT2D eigenvalue weighted by Crippen LogP contribution is 2.17.